The maximum atomic E-state index is 5.77. The molecule has 0 N–H and O–H groups in total. The fourth-order valence-electron chi connectivity index (χ4n) is 3.02. The minimum Gasteiger partial charge on any atom is -0.439 e. The molecule has 1 fully saturated rings. The fraction of sp³-hybridized carbons (Fsp3) is 0.375. The first-order valence-corrected chi connectivity index (χ1v) is 7.28. The van der Waals surface area contributed by atoms with Crippen LogP contribution in [0.15, 0.2) is 34.7 Å². The third-order valence-corrected chi connectivity index (χ3v) is 4.03. The maximum absolute atomic E-state index is 5.77. The smallest absolute Gasteiger partial charge is 0.209 e. The summed E-state index contributed by atoms with van der Waals surface area (Å²) in [6, 6.07) is 10.5. The lowest BCUT2D eigenvalue weighted by Gasteiger charge is -2.38. The number of oxazole rings is 1. The van der Waals surface area contributed by atoms with Crippen LogP contribution in [0.25, 0.3) is 11.1 Å². The molecule has 21 heavy (non-hydrogen) atoms. The molecule has 0 radical (unpaired) electrons. The average Bonchev–Trinajstić information content (AvgIpc) is 2.96. The van der Waals surface area contributed by atoms with Crippen LogP contribution in [-0.2, 0) is 6.54 Å². The highest BCUT2D eigenvalue weighted by Crippen LogP contribution is 2.25. The van der Waals surface area contributed by atoms with Gasteiger partial charge in [-0.15, -0.1) is 0 Å². The zero-order valence-electron chi connectivity index (χ0n) is 12.3. The summed E-state index contributed by atoms with van der Waals surface area (Å²) in [6.45, 7) is 6.92. The van der Waals surface area contributed by atoms with E-state index in [1.165, 1.54) is 5.69 Å². The predicted octanol–water partition coefficient (Wildman–Crippen LogP) is 2.70. The Bertz CT molecular complexity index is 750. The Labute approximate surface area is 123 Å². The van der Waals surface area contributed by atoms with E-state index < -0.39 is 0 Å². The van der Waals surface area contributed by atoms with Crippen LogP contribution in [-0.4, -0.2) is 32.8 Å². The van der Waals surface area contributed by atoms with Crippen molar-refractivity contribution in [3.8, 4) is 0 Å². The number of likely N-dealkylation sites (tertiary alicyclic amines) is 1. The molecule has 3 heterocycles. The van der Waals surface area contributed by atoms with Crippen molar-refractivity contribution >= 4 is 11.1 Å². The molecule has 4 rings (SSSR count). The van der Waals surface area contributed by atoms with Crippen LogP contribution >= 0.6 is 0 Å². The number of aryl methyl sites for hydroxylation is 2. The molecule has 1 aliphatic heterocycles. The van der Waals surface area contributed by atoms with Crippen molar-refractivity contribution in [1.82, 2.24) is 19.7 Å². The van der Waals surface area contributed by atoms with Crippen molar-refractivity contribution in [2.75, 3.05) is 13.1 Å². The van der Waals surface area contributed by atoms with Gasteiger partial charge < -0.3 is 4.42 Å². The monoisotopic (exact) mass is 282 g/mol. The van der Waals surface area contributed by atoms with Crippen LogP contribution in [0.1, 0.15) is 23.3 Å². The molecule has 5 nitrogen and oxygen atoms in total. The average molecular weight is 282 g/mol. The van der Waals surface area contributed by atoms with Gasteiger partial charge in [0.2, 0.25) is 5.89 Å². The largest absolute Gasteiger partial charge is 0.439 e. The molecular weight excluding hydrogens is 264 g/mol. The second-order valence-corrected chi connectivity index (χ2v) is 5.79. The van der Waals surface area contributed by atoms with Crippen LogP contribution in [0.5, 0.6) is 0 Å². The van der Waals surface area contributed by atoms with Crippen molar-refractivity contribution in [2.45, 2.75) is 26.4 Å². The lowest BCUT2D eigenvalue weighted by molar-refractivity contribution is 0.0807. The van der Waals surface area contributed by atoms with Crippen molar-refractivity contribution in [2.24, 2.45) is 0 Å². The van der Waals surface area contributed by atoms with Crippen molar-refractivity contribution in [1.29, 1.82) is 0 Å². The van der Waals surface area contributed by atoms with Crippen molar-refractivity contribution in [3.63, 3.8) is 0 Å². The summed E-state index contributed by atoms with van der Waals surface area (Å²) in [6.07, 6.45) is 0. The van der Waals surface area contributed by atoms with Gasteiger partial charge in [0.25, 0.3) is 0 Å². The Morgan fingerprint density at radius 1 is 1.24 bits per heavy atom. The highest BCUT2D eigenvalue weighted by molar-refractivity contribution is 5.72. The van der Waals surface area contributed by atoms with E-state index in [0.29, 0.717) is 6.04 Å². The van der Waals surface area contributed by atoms with E-state index in [2.05, 4.69) is 32.7 Å². The van der Waals surface area contributed by atoms with Crippen LogP contribution in [0.4, 0.5) is 0 Å². The Morgan fingerprint density at radius 2 is 2.05 bits per heavy atom. The van der Waals surface area contributed by atoms with Crippen molar-refractivity contribution < 1.29 is 4.42 Å². The van der Waals surface area contributed by atoms with Gasteiger partial charge in [0.1, 0.15) is 5.52 Å². The first kappa shape index (κ1) is 12.6. The van der Waals surface area contributed by atoms with Gasteiger partial charge in [-0.05, 0) is 32.0 Å². The second kappa shape index (κ2) is 4.70. The molecule has 108 valence electrons. The fourth-order valence-corrected chi connectivity index (χ4v) is 3.02. The number of aromatic nitrogens is 3. The quantitative estimate of drug-likeness (QED) is 0.741. The van der Waals surface area contributed by atoms with E-state index >= 15 is 0 Å². The number of benzene rings is 1. The van der Waals surface area contributed by atoms with Crippen LogP contribution in [0.3, 0.4) is 0 Å². The molecule has 3 aromatic rings. The molecular formula is C16H18N4O. The first-order chi connectivity index (χ1) is 10.2. The maximum Gasteiger partial charge on any atom is 0.209 e. The molecule has 0 atom stereocenters. The van der Waals surface area contributed by atoms with Gasteiger partial charge in [0.05, 0.1) is 18.3 Å². The highest BCUT2D eigenvalue weighted by atomic mass is 16.3. The molecule has 0 amide bonds. The summed E-state index contributed by atoms with van der Waals surface area (Å²) in [5, 5.41) is 4.56. The standard InChI is InChI=1S/C16H18N4O/c1-11-7-12(2)20(18-11)13-8-19(9-13)10-16-17-14-5-3-4-6-15(14)21-16/h3-7,13H,8-10H2,1-2H3. The van der Waals surface area contributed by atoms with E-state index in [1.807, 2.05) is 31.2 Å². The van der Waals surface area contributed by atoms with Crippen LogP contribution in [0, 0.1) is 13.8 Å². The number of para-hydroxylation sites is 2. The second-order valence-electron chi connectivity index (χ2n) is 5.79. The zero-order valence-corrected chi connectivity index (χ0v) is 12.3. The minimum absolute atomic E-state index is 0.475. The highest BCUT2D eigenvalue weighted by Gasteiger charge is 2.30. The lowest BCUT2D eigenvalue weighted by Crippen LogP contribution is -2.47. The third-order valence-electron chi connectivity index (χ3n) is 4.03. The summed E-state index contributed by atoms with van der Waals surface area (Å²) < 4.78 is 7.90. The van der Waals surface area contributed by atoms with E-state index in [0.717, 1.165) is 42.3 Å². The summed E-state index contributed by atoms with van der Waals surface area (Å²) in [7, 11) is 0. The predicted molar refractivity (Wildman–Crippen MR) is 80.0 cm³/mol. The topological polar surface area (TPSA) is 47.1 Å². The van der Waals surface area contributed by atoms with E-state index in [9.17, 15) is 0 Å². The number of rotatable bonds is 3. The molecule has 1 aromatic carbocycles. The number of hydrogen-bond acceptors (Lipinski definition) is 4. The van der Waals surface area contributed by atoms with Gasteiger partial charge in [-0.25, -0.2) is 4.98 Å². The molecule has 1 aliphatic rings. The number of fused-ring (bicyclic) bond motifs is 1. The summed E-state index contributed by atoms with van der Waals surface area (Å²) >= 11 is 0. The Kier molecular flexibility index (Phi) is 2.82. The van der Waals surface area contributed by atoms with E-state index in [4.69, 9.17) is 4.42 Å². The Balaban J connectivity index is 1.43. The molecule has 0 aliphatic carbocycles. The van der Waals surface area contributed by atoms with E-state index in [-0.39, 0.29) is 0 Å². The molecule has 1 saturated heterocycles. The van der Waals surface area contributed by atoms with Gasteiger partial charge >= 0.3 is 0 Å². The van der Waals surface area contributed by atoms with Gasteiger partial charge in [-0.3, -0.25) is 9.58 Å². The van der Waals surface area contributed by atoms with Gasteiger partial charge in [-0.1, -0.05) is 12.1 Å². The molecule has 0 spiro atoms. The summed E-state index contributed by atoms with van der Waals surface area (Å²) in [4.78, 5) is 6.86. The first-order valence-electron chi connectivity index (χ1n) is 7.28. The Hall–Kier alpha value is -2.14. The van der Waals surface area contributed by atoms with Crippen LogP contribution in [0.2, 0.25) is 0 Å². The lowest BCUT2D eigenvalue weighted by atomic mass is 10.1. The van der Waals surface area contributed by atoms with Gasteiger partial charge in [-0.2, -0.15) is 5.10 Å². The molecule has 0 saturated carbocycles. The third kappa shape index (κ3) is 2.23. The molecule has 0 bridgehead atoms. The molecule has 0 unspecified atom stereocenters. The Morgan fingerprint density at radius 3 is 2.76 bits per heavy atom. The molecule has 2 aromatic heterocycles. The van der Waals surface area contributed by atoms with Gasteiger partial charge in [0, 0.05) is 18.8 Å². The zero-order chi connectivity index (χ0) is 14.4. The number of nitrogens with zero attached hydrogens (tertiary/aromatic N) is 4. The minimum atomic E-state index is 0.475. The summed E-state index contributed by atoms with van der Waals surface area (Å²) in [5.74, 6) is 0.794. The normalized spacial score (nSPS) is 16.5. The van der Waals surface area contributed by atoms with Gasteiger partial charge in [0.15, 0.2) is 5.58 Å². The van der Waals surface area contributed by atoms with E-state index in [1.54, 1.807) is 0 Å². The van der Waals surface area contributed by atoms with Crippen LogP contribution < -0.4 is 0 Å². The van der Waals surface area contributed by atoms with Crippen molar-refractivity contribution in [3.05, 3.63) is 47.6 Å². The number of hydrogen-bond donors (Lipinski definition) is 0. The SMILES string of the molecule is Cc1cc(C)n(C2CN(Cc3nc4ccccc4o3)C2)n1. The molecule has 5 heteroatoms. The summed E-state index contributed by atoms with van der Waals surface area (Å²) in [5.41, 5.74) is 4.12.